The van der Waals surface area contributed by atoms with Gasteiger partial charge in [0.15, 0.2) is 0 Å². The average molecular weight is 410 g/mol. The molecule has 28 heavy (non-hydrogen) atoms. The summed E-state index contributed by atoms with van der Waals surface area (Å²) in [6.45, 7) is 1.10. The van der Waals surface area contributed by atoms with Crippen LogP contribution in [0, 0.1) is 11.8 Å². The van der Waals surface area contributed by atoms with Crippen LogP contribution in [0.25, 0.3) is 0 Å². The van der Waals surface area contributed by atoms with E-state index in [2.05, 4.69) is 5.32 Å². The molecule has 0 aromatic heterocycles. The highest BCUT2D eigenvalue weighted by atomic mass is 32.2. The molecule has 2 fully saturated rings. The second kappa shape index (κ2) is 8.08. The van der Waals surface area contributed by atoms with Gasteiger partial charge in [0.1, 0.15) is 5.75 Å². The number of hydrogen-bond donors (Lipinski definition) is 1. The molecule has 9 heteroatoms. The number of carbonyl (C=O) groups excluding carboxylic acids is 2. The molecule has 2 aliphatic rings. The van der Waals surface area contributed by atoms with Crippen LogP contribution in [0.2, 0.25) is 0 Å². The summed E-state index contributed by atoms with van der Waals surface area (Å²) in [6, 6.07) is 4.37. The van der Waals surface area contributed by atoms with Crippen molar-refractivity contribution in [3.63, 3.8) is 0 Å². The van der Waals surface area contributed by atoms with Crippen LogP contribution >= 0.6 is 0 Å². The fourth-order valence-electron chi connectivity index (χ4n) is 3.37. The second-order valence-corrected chi connectivity index (χ2v) is 9.69. The van der Waals surface area contributed by atoms with Gasteiger partial charge in [-0.1, -0.05) is 0 Å². The van der Waals surface area contributed by atoms with E-state index in [4.69, 9.17) is 4.74 Å². The third kappa shape index (κ3) is 4.30. The standard InChI is InChI=1S/C19H27N3O5S/c1-21(2)28(25,26)15-8-9-17(27-3)16(11-15)20-18(23)14-5-4-10-22(12-14)19(24)13-6-7-13/h8-9,11,13-14H,4-7,10,12H2,1-3H3,(H,20,23). The lowest BCUT2D eigenvalue weighted by Gasteiger charge is -2.32. The highest BCUT2D eigenvalue weighted by molar-refractivity contribution is 7.89. The Morgan fingerprint density at radius 1 is 1.18 bits per heavy atom. The number of nitrogens with zero attached hydrogens (tertiary/aromatic N) is 2. The van der Waals surface area contributed by atoms with Crippen LogP contribution in [-0.2, 0) is 19.6 Å². The van der Waals surface area contributed by atoms with Crippen LogP contribution < -0.4 is 10.1 Å². The maximum Gasteiger partial charge on any atom is 0.242 e. The fourth-order valence-corrected chi connectivity index (χ4v) is 4.30. The molecule has 1 heterocycles. The van der Waals surface area contributed by atoms with E-state index in [0.29, 0.717) is 30.9 Å². The molecule has 0 radical (unpaired) electrons. The Hall–Kier alpha value is -2.13. The molecule has 1 aromatic rings. The van der Waals surface area contributed by atoms with Crippen molar-refractivity contribution in [2.24, 2.45) is 11.8 Å². The minimum Gasteiger partial charge on any atom is -0.495 e. The van der Waals surface area contributed by atoms with Gasteiger partial charge in [-0.2, -0.15) is 0 Å². The largest absolute Gasteiger partial charge is 0.495 e. The molecule has 1 saturated carbocycles. The molecular weight excluding hydrogens is 382 g/mol. The Morgan fingerprint density at radius 3 is 2.50 bits per heavy atom. The maximum atomic E-state index is 12.8. The molecule has 1 aliphatic heterocycles. The van der Waals surface area contributed by atoms with Crippen molar-refractivity contribution in [3.05, 3.63) is 18.2 Å². The number of rotatable bonds is 6. The van der Waals surface area contributed by atoms with Gasteiger partial charge in [0.25, 0.3) is 0 Å². The van der Waals surface area contributed by atoms with Crippen LogP contribution in [0.5, 0.6) is 5.75 Å². The number of nitrogens with one attached hydrogen (secondary N) is 1. The summed E-state index contributed by atoms with van der Waals surface area (Å²) in [5.74, 6) is 0.109. The second-order valence-electron chi connectivity index (χ2n) is 7.54. The zero-order chi connectivity index (χ0) is 20.5. The lowest BCUT2D eigenvalue weighted by Crippen LogP contribution is -2.44. The highest BCUT2D eigenvalue weighted by Gasteiger charge is 2.36. The number of methoxy groups -OCH3 is 1. The van der Waals surface area contributed by atoms with Crippen molar-refractivity contribution < 1.29 is 22.7 Å². The Morgan fingerprint density at radius 2 is 1.89 bits per heavy atom. The average Bonchev–Trinajstić information content (AvgIpc) is 3.52. The first kappa shape index (κ1) is 20.6. The zero-order valence-electron chi connectivity index (χ0n) is 16.5. The van der Waals surface area contributed by atoms with Crippen LogP contribution in [0.4, 0.5) is 5.69 Å². The SMILES string of the molecule is COc1ccc(S(=O)(=O)N(C)C)cc1NC(=O)C1CCCN(C(=O)C2CC2)C1. The smallest absolute Gasteiger partial charge is 0.242 e. The molecule has 0 spiro atoms. The van der Waals surface area contributed by atoms with E-state index in [9.17, 15) is 18.0 Å². The normalized spacial score (nSPS) is 20.1. The Bertz CT molecular complexity index is 864. The van der Waals surface area contributed by atoms with Crippen molar-refractivity contribution in [2.75, 3.05) is 39.6 Å². The molecule has 1 aromatic carbocycles. The van der Waals surface area contributed by atoms with E-state index < -0.39 is 10.0 Å². The van der Waals surface area contributed by atoms with E-state index >= 15 is 0 Å². The van der Waals surface area contributed by atoms with Gasteiger partial charge in [-0.25, -0.2) is 12.7 Å². The van der Waals surface area contributed by atoms with Crippen molar-refractivity contribution in [1.82, 2.24) is 9.21 Å². The minimum absolute atomic E-state index is 0.0720. The Balaban J connectivity index is 1.76. The lowest BCUT2D eigenvalue weighted by molar-refractivity contribution is -0.135. The molecular formula is C19H27N3O5S. The maximum absolute atomic E-state index is 12.8. The molecule has 0 bridgehead atoms. The van der Waals surface area contributed by atoms with E-state index in [0.717, 1.165) is 23.6 Å². The predicted molar refractivity (Wildman–Crippen MR) is 105 cm³/mol. The number of ether oxygens (including phenoxy) is 1. The molecule has 3 rings (SSSR count). The van der Waals surface area contributed by atoms with E-state index in [1.54, 1.807) is 4.90 Å². The molecule has 1 aliphatic carbocycles. The summed E-state index contributed by atoms with van der Waals surface area (Å²) in [4.78, 5) is 27.0. The van der Waals surface area contributed by atoms with Gasteiger partial charge in [-0.3, -0.25) is 9.59 Å². The Labute approximate surface area is 165 Å². The molecule has 8 nitrogen and oxygen atoms in total. The first-order chi connectivity index (χ1) is 13.2. The molecule has 154 valence electrons. The van der Waals surface area contributed by atoms with Gasteiger partial charge < -0.3 is 15.0 Å². The number of piperidine rings is 1. The van der Waals surface area contributed by atoms with Gasteiger partial charge in [0, 0.05) is 33.1 Å². The number of sulfonamides is 1. The first-order valence-electron chi connectivity index (χ1n) is 9.44. The Kier molecular flexibility index (Phi) is 5.95. The number of benzene rings is 1. The first-order valence-corrected chi connectivity index (χ1v) is 10.9. The van der Waals surface area contributed by atoms with Gasteiger partial charge in [-0.05, 0) is 43.9 Å². The number of hydrogen-bond acceptors (Lipinski definition) is 5. The summed E-state index contributed by atoms with van der Waals surface area (Å²) in [5.41, 5.74) is 0.307. The van der Waals surface area contributed by atoms with Gasteiger partial charge >= 0.3 is 0 Å². The van der Waals surface area contributed by atoms with Crippen molar-refractivity contribution in [1.29, 1.82) is 0 Å². The highest BCUT2D eigenvalue weighted by Crippen LogP contribution is 2.33. The topological polar surface area (TPSA) is 96.0 Å². The van der Waals surface area contributed by atoms with E-state index in [-0.39, 0.29) is 28.5 Å². The third-order valence-electron chi connectivity index (χ3n) is 5.24. The number of likely N-dealkylation sites (tertiary alicyclic amines) is 1. The number of carbonyl (C=O) groups is 2. The van der Waals surface area contributed by atoms with Gasteiger partial charge in [0.2, 0.25) is 21.8 Å². The molecule has 2 amide bonds. The van der Waals surface area contributed by atoms with Gasteiger partial charge in [0.05, 0.1) is 23.6 Å². The van der Waals surface area contributed by atoms with Crippen LogP contribution in [0.1, 0.15) is 25.7 Å². The summed E-state index contributed by atoms with van der Waals surface area (Å²) in [5, 5.41) is 2.80. The zero-order valence-corrected chi connectivity index (χ0v) is 17.3. The van der Waals surface area contributed by atoms with Crippen molar-refractivity contribution in [3.8, 4) is 5.75 Å². The minimum atomic E-state index is -3.63. The summed E-state index contributed by atoms with van der Waals surface area (Å²) >= 11 is 0. The lowest BCUT2D eigenvalue weighted by atomic mass is 9.96. The summed E-state index contributed by atoms with van der Waals surface area (Å²) in [7, 11) is 0.725. The van der Waals surface area contributed by atoms with Crippen molar-refractivity contribution in [2.45, 2.75) is 30.6 Å². The fraction of sp³-hybridized carbons (Fsp3) is 0.579. The van der Waals surface area contributed by atoms with Crippen LogP contribution in [0.15, 0.2) is 23.1 Å². The molecule has 1 saturated heterocycles. The van der Waals surface area contributed by atoms with Crippen LogP contribution in [-0.4, -0.2) is 63.7 Å². The van der Waals surface area contributed by atoms with E-state index in [1.807, 2.05) is 0 Å². The van der Waals surface area contributed by atoms with E-state index in [1.165, 1.54) is 39.4 Å². The van der Waals surface area contributed by atoms with Gasteiger partial charge in [-0.15, -0.1) is 0 Å². The quantitative estimate of drug-likeness (QED) is 0.769. The number of anilines is 1. The molecule has 1 unspecified atom stereocenters. The summed E-state index contributed by atoms with van der Waals surface area (Å²) in [6.07, 6.45) is 3.36. The monoisotopic (exact) mass is 409 g/mol. The predicted octanol–water partition coefficient (Wildman–Crippen LogP) is 1.53. The summed E-state index contributed by atoms with van der Waals surface area (Å²) < 4.78 is 31.2. The molecule has 1 atom stereocenters. The van der Waals surface area contributed by atoms with Crippen LogP contribution in [0.3, 0.4) is 0 Å². The van der Waals surface area contributed by atoms with Crippen molar-refractivity contribution >= 4 is 27.5 Å². The number of amides is 2. The third-order valence-corrected chi connectivity index (χ3v) is 7.05. The molecule has 1 N–H and O–H groups in total.